The monoisotopic (exact) mass is 222 g/mol. The summed E-state index contributed by atoms with van der Waals surface area (Å²) in [6.07, 6.45) is 2.46. The highest BCUT2D eigenvalue weighted by atomic mass is 19.1. The molecule has 16 heavy (non-hydrogen) atoms. The SMILES string of the molecule is CCN(c1ccccc1F)C(CN)C1CC1. The van der Waals surface area contributed by atoms with Gasteiger partial charge in [-0.2, -0.15) is 0 Å². The zero-order chi connectivity index (χ0) is 11.5. The normalized spacial score (nSPS) is 17.2. The number of halogens is 1. The number of hydrogen-bond acceptors (Lipinski definition) is 2. The standard InChI is InChI=1S/C13H19FN2/c1-2-16(13(9-15)10-7-8-10)12-6-4-3-5-11(12)14/h3-6,10,13H,2,7-9,15H2,1H3. The molecule has 0 aliphatic heterocycles. The summed E-state index contributed by atoms with van der Waals surface area (Å²) in [5.41, 5.74) is 6.50. The van der Waals surface area contributed by atoms with Crippen LogP contribution in [0.2, 0.25) is 0 Å². The van der Waals surface area contributed by atoms with Gasteiger partial charge >= 0.3 is 0 Å². The van der Waals surface area contributed by atoms with Crippen molar-refractivity contribution in [2.24, 2.45) is 11.7 Å². The molecule has 2 N–H and O–H groups in total. The summed E-state index contributed by atoms with van der Waals surface area (Å²) in [6.45, 7) is 3.46. The third-order valence-electron chi connectivity index (χ3n) is 3.31. The van der Waals surface area contributed by atoms with Crippen molar-refractivity contribution in [3.05, 3.63) is 30.1 Å². The van der Waals surface area contributed by atoms with Gasteiger partial charge in [0, 0.05) is 19.1 Å². The van der Waals surface area contributed by atoms with E-state index in [1.165, 1.54) is 18.9 Å². The molecule has 0 amide bonds. The first-order valence-corrected chi connectivity index (χ1v) is 5.99. The van der Waals surface area contributed by atoms with Gasteiger partial charge in [-0.05, 0) is 37.8 Å². The molecule has 0 radical (unpaired) electrons. The molecule has 1 aromatic carbocycles. The number of anilines is 1. The lowest BCUT2D eigenvalue weighted by Crippen LogP contribution is -2.42. The van der Waals surface area contributed by atoms with Crippen molar-refractivity contribution in [2.45, 2.75) is 25.8 Å². The van der Waals surface area contributed by atoms with Crippen LogP contribution < -0.4 is 10.6 Å². The maximum atomic E-state index is 13.7. The Morgan fingerprint density at radius 3 is 2.62 bits per heavy atom. The molecular formula is C13H19FN2. The molecule has 1 aliphatic rings. The highest BCUT2D eigenvalue weighted by molar-refractivity contribution is 5.49. The molecular weight excluding hydrogens is 203 g/mol. The summed E-state index contributed by atoms with van der Waals surface area (Å²) in [6, 6.07) is 7.24. The van der Waals surface area contributed by atoms with Crippen molar-refractivity contribution in [2.75, 3.05) is 18.0 Å². The van der Waals surface area contributed by atoms with E-state index < -0.39 is 0 Å². The number of nitrogens with zero attached hydrogens (tertiary/aromatic N) is 1. The molecule has 0 spiro atoms. The molecule has 1 aliphatic carbocycles. The van der Waals surface area contributed by atoms with Crippen LogP contribution in [-0.4, -0.2) is 19.1 Å². The van der Waals surface area contributed by atoms with Gasteiger partial charge in [-0.1, -0.05) is 12.1 Å². The van der Waals surface area contributed by atoms with Crippen molar-refractivity contribution in [3.63, 3.8) is 0 Å². The van der Waals surface area contributed by atoms with Crippen LogP contribution in [0.15, 0.2) is 24.3 Å². The van der Waals surface area contributed by atoms with Gasteiger partial charge in [-0.25, -0.2) is 4.39 Å². The zero-order valence-corrected chi connectivity index (χ0v) is 9.70. The summed E-state index contributed by atoms with van der Waals surface area (Å²) in [4.78, 5) is 2.10. The molecule has 1 unspecified atom stereocenters. The van der Waals surface area contributed by atoms with Crippen molar-refractivity contribution >= 4 is 5.69 Å². The van der Waals surface area contributed by atoms with Gasteiger partial charge in [0.05, 0.1) is 5.69 Å². The second-order valence-corrected chi connectivity index (χ2v) is 4.38. The molecule has 1 aromatic rings. The number of benzene rings is 1. The van der Waals surface area contributed by atoms with Crippen molar-refractivity contribution in [1.29, 1.82) is 0 Å². The molecule has 0 bridgehead atoms. The van der Waals surface area contributed by atoms with Crippen molar-refractivity contribution < 1.29 is 4.39 Å². The van der Waals surface area contributed by atoms with Crippen LogP contribution in [0.3, 0.4) is 0 Å². The number of rotatable bonds is 5. The van der Waals surface area contributed by atoms with Crippen molar-refractivity contribution in [1.82, 2.24) is 0 Å². The van der Waals surface area contributed by atoms with Crippen LogP contribution in [0, 0.1) is 11.7 Å². The molecule has 0 heterocycles. The van der Waals surface area contributed by atoms with E-state index in [-0.39, 0.29) is 5.82 Å². The number of likely N-dealkylation sites (N-methyl/N-ethyl adjacent to an activating group) is 1. The Morgan fingerprint density at radius 2 is 2.12 bits per heavy atom. The van der Waals surface area contributed by atoms with Crippen LogP contribution in [0.4, 0.5) is 10.1 Å². The molecule has 88 valence electrons. The van der Waals surface area contributed by atoms with Gasteiger partial charge in [0.1, 0.15) is 5.82 Å². The number of nitrogens with two attached hydrogens (primary N) is 1. The Kier molecular flexibility index (Phi) is 3.44. The van der Waals surface area contributed by atoms with Crippen LogP contribution >= 0.6 is 0 Å². The maximum Gasteiger partial charge on any atom is 0.146 e. The van der Waals surface area contributed by atoms with E-state index in [0.29, 0.717) is 24.2 Å². The zero-order valence-electron chi connectivity index (χ0n) is 9.70. The second-order valence-electron chi connectivity index (χ2n) is 4.38. The summed E-state index contributed by atoms with van der Waals surface area (Å²) >= 11 is 0. The fraction of sp³-hybridized carbons (Fsp3) is 0.538. The van der Waals surface area contributed by atoms with Gasteiger partial charge in [0.2, 0.25) is 0 Å². The molecule has 1 saturated carbocycles. The lowest BCUT2D eigenvalue weighted by molar-refractivity contribution is 0.531. The Labute approximate surface area is 96.2 Å². The second kappa shape index (κ2) is 4.83. The molecule has 2 rings (SSSR count). The van der Waals surface area contributed by atoms with Gasteiger partial charge in [-0.15, -0.1) is 0 Å². The van der Waals surface area contributed by atoms with E-state index in [1.54, 1.807) is 6.07 Å². The molecule has 3 heteroatoms. The third-order valence-corrected chi connectivity index (χ3v) is 3.31. The lowest BCUT2D eigenvalue weighted by atomic mass is 10.1. The first-order chi connectivity index (χ1) is 7.77. The third kappa shape index (κ3) is 2.19. The van der Waals surface area contributed by atoms with E-state index in [1.807, 2.05) is 12.1 Å². The highest BCUT2D eigenvalue weighted by Crippen LogP contribution is 2.37. The van der Waals surface area contributed by atoms with E-state index in [9.17, 15) is 4.39 Å². The van der Waals surface area contributed by atoms with Gasteiger partial charge in [0.25, 0.3) is 0 Å². The van der Waals surface area contributed by atoms with Gasteiger partial charge in [-0.3, -0.25) is 0 Å². The van der Waals surface area contributed by atoms with E-state index in [4.69, 9.17) is 5.73 Å². The Hall–Kier alpha value is -1.09. The van der Waals surface area contributed by atoms with E-state index in [2.05, 4.69) is 11.8 Å². The Bertz CT molecular complexity index is 350. The van der Waals surface area contributed by atoms with Gasteiger partial charge < -0.3 is 10.6 Å². The van der Waals surface area contributed by atoms with Crippen LogP contribution in [0.25, 0.3) is 0 Å². The van der Waals surface area contributed by atoms with Crippen molar-refractivity contribution in [3.8, 4) is 0 Å². The smallest absolute Gasteiger partial charge is 0.146 e. The Morgan fingerprint density at radius 1 is 1.44 bits per heavy atom. The lowest BCUT2D eigenvalue weighted by Gasteiger charge is -2.32. The fourth-order valence-corrected chi connectivity index (χ4v) is 2.32. The first-order valence-electron chi connectivity index (χ1n) is 5.99. The molecule has 2 nitrogen and oxygen atoms in total. The van der Waals surface area contributed by atoms with Crippen LogP contribution in [-0.2, 0) is 0 Å². The average molecular weight is 222 g/mol. The summed E-state index contributed by atoms with van der Waals surface area (Å²) in [7, 11) is 0. The predicted molar refractivity (Wildman–Crippen MR) is 65.0 cm³/mol. The minimum atomic E-state index is -0.150. The maximum absolute atomic E-state index is 13.7. The highest BCUT2D eigenvalue weighted by Gasteiger charge is 2.34. The fourth-order valence-electron chi connectivity index (χ4n) is 2.32. The minimum Gasteiger partial charge on any atom is -0.365 e. The largest absolute Gasteiger partial charge is 0.365 e. The quantitative estimate of drug-likeness (QED) is 0.829. The number of hydrogen-bond donors (Lipinski definition) is 1. The van der Waals surface area contributed by atoms with Crippen LogP contribution in [0.5, 0.6) is 0 Å². The molecule has 1 fully saturated rings. The van der Waals surface area contributed by atoms with E-state index in [0.717, 1.165) is 6.54 Å². The molecule has 1 atom stereocenters. The Balaban J connectivity index is 2.23. The summed E-state index contributed by atoms with van der Waals surface area (Å²) in [5, 5.41) is 0. The summed E-state index contributed by atoms with van der Waals surface area (Å²) < 4.78 is 13.7. The number of para-hydroxylation sites is 1. The molecule has 0 aromatic heterocycles. The van der Waals surface area contributed by atoms with E-state index >= 15 is 0 Å². The minimum absolute atomic E-state index is 0.150. The predicted octanol–water partition coefficient (Wildman–Crippen LogP) is 2.39. The molecule has 0 saturated heterocycles. The van der Waals surface area contributed by atoms with Gasteiger partial charge in [0.15, 0.2) is 0 Å². The average Bonchev–Trinajstić information content (AvgIpc) is 3.11. The first kappa shape index (κ1) is 11.4. The summed E-state index contributed by atoms with van der Waals surface area (Å²) in [5.74, 6) is 0.507. The topological polar surface area (TPSA) is 29.3 Å². The van der Waals surface area contributed by atoms with Crippen LogP contribution in [0.1, 0.15) is 19.8 Å².